The molecule has 2 heterocycles. The van der Waals surface area contributed by atoms with Crippen molar-refractivity contribution in [3.63, 3.8) is 0 Å². The first-order chi connectivity index (χ1) is 7.29. The van der Waals surface area contributed by atoms with E-state index >= 15 is 0 Å². The Kier molecular flexibility index (Phi) is 3.19. The van der Waals surface area contributed by atoms with Crippen LogP contribution in [0.25, 0.3) is 0 Å². The van der Waals surface area contributed by atoms with Crippen molar-refractivity contribution in [2.45, 2.75) is 25.0 Å². The second-order valence-electron chi connectivity index (χ2n) is 3.86. The monoisotopic (exact) mass is 210 g/mol. The van der Waals surface area contributed by atoms with Crippen LogP contribution in [0.1, 0.15) is 12.8 Å². The molecule has 0 N–H and O–H groups in total. The number of ether oxygens (including phenoxy) is 2. The second kappa shape index (κ2) is 4.60. The van der Waals surface area contributed by atoms with Crippen LogP contribution in [0.15, 0.2) is 0 Å². The number of carbonyl (C=O) groups is 1. The van der Waals surface area contributed by atoms with Crippen LogP contribution in [-0.2, 0) is 14.3 Å². The van der Waals surface area contributed by atoms with Crippen LogP contribution in [0.2, 0.25) is 0 Å². The summed E-state index contributed by atoms with van der Waals surface area (Å²) in [5.41, 5.74) is 0. The topological polar surface area (TPSA) is 62.6 Å². The number of nitrogens with zero attached hydrogens (tertiary/aromatic N) is 2. The molecule has 2 fully saturated rings. The van der Waals surface area contributed by atoms with Crippen LogP contribution in [0.3, 0.4) is 0 Å². The van der Waals surface area contributed by atoms with Crippen LogP contribution >= 0.6 is 0 Å². The molecule has 0 spiro atoms. The van der Waals surface area contributed by atoms with Gasteiger partial charge >= 0.3 is 0 Å². The molecule has 2 unspecified atom stereocenters. The molecule has 0 aromatic heterocycles. The zero-order valence-corrected chi connectivity index (χ0v) is 8.52. The van der Waals surface area contributed by atoms with Gasteiger partial charge < -0.3 is 14.4 Å². The summed E-state index contributed by atoms with van der Waals surface area (Å²) in [6, 6.07) is 2.02. The zero-order valence-electron chi connectivity index (χ0n) is 8.52. The molecular formula is C10H14N2O3. The van der Waals surface area contributed by atoms with Crippen molar-refractivity contribution in [2.75, 3.05) is 26.3 Å². The van der Waals surface area contributed by atoms with E-state index in [2.05, 4.69) is 0 Å². The largest absolute Gasteiger partial charge is 0.376 e. The maximum Gasteiger partial charge on any atom is 0.248 e. The van der Waals surface area contributed by atoms with Gasteiger partial charge in [0, 0.05) is 13.2 Å². The van der Waals surface area contributed by atoms with E-state index in [1.54, 1.807) is 4.90 Å². The second-order valence-corrected chi connectivity index (χ2v) is 3.86. The number of amides is 1. The molecule has 1 amide bonds. The number of hydrogen-bond acceptors (Lipinski definition) is 4. The zero-order chi connectivity index (χ0) is 10.7. The molecular weight excluding hydrogens is 196 g/mol. The van der Waals surface area contributed by atoms with Crippen LogP contribution in [0.4, 0.5) is 0 Å². The summed E-state index contributed by atoms with van der Waals surface area (Å²) in [6.07, 6.45) is 1.72. The van der Waals surface area contributed by atoms with E-state index in [9.17, 15) is 4.79 Å². The van der Waals surface area contributed by atoms with Crippen molar-refractivity contribution in [1.29, 1.82) is 5.26 Å². The number of rotatable bonds is 2. The summed E-state index contributed by atoms with van der Waals surface area (Å²) in [5.74, 6) is -0.0444. The summed E-state index contributed by atoms with van der Waals surface area (Å²) in [6.45, 7) is 1.77. The Balaban J connectivity index is 1.88. The predicted octanol–water partition coefficient (Wildman–Crippen LogP) is -0.0836. The average Bonchev–Trinajstić information content (AvgIpc) is 2.74. The van der Waals surface area contributed by atoms with Gasteiger partial charge in [-0.2, -0.15) is 5.26 Å². The molecule has 0 bridgehead atoms. The summed E-state index contributed by atoms with van der Waals surface area (Å²) in [5, 5.41) is 8.71. The molecule has 2 aliphatic rings. The van der Waals surface area contributed by atoms with Gasteiger partial charge in [-0.25, -0.2) is 0 Å². The molecule has 0 aromatic carbocycles. The highest BCUT2D eigenvalue weighted by Crippen LogP contribution is 2.15. The smallest absolute Gasteiger partial charge is 0.248 e. The lowest BCUT2D eigenvalue weighted by Crippen LogP contribution is -2.48. The summed E-state index contributed by atoms with van der Waals surface area (Å²) >= 11 is 0. The first-order valence-corrected chi connectivity index (χ1v) is 5.20. The van der Waals surface area contributed by atoms with Gasteiger partial charge in [0.2, 0.25) is 5.91 Å². The van der Waals surface area contributed by atoms with E-state index in [1.165, 1.54) is 0 Å². The van der Waals surface area contributed by atoms with Crippen molar-refractivity contribution < 1.29 is 14.3 Å². The number of hydrogen-bond donors (Lipinski definition) is 0. The van der Waals surface area contributed by atoms with E-state index in [0.29, 0.717) is 13.1 Å². The SMILES string of the molecule is N#CC1CN(CC2CCCO2)C(=O)CO1. The third-order valence-corrected chi connectivity index (χ3v) is 2.74. The molecule has 0 aliphatic carbocycles. The summed E-state index contributed by atoms with van der Waals surface area (Å²) in [4.78, 5) is 13.2. The predicted molar refractivity (Wildman–Crippen MR) is 50.9 cm³/mol. The maximum absolute atomic E-state index is 11.5. The van der Waals surface area contributed by atoms with Crippen molar-refractivity contribution in [3.8, 4) is 6.07 Å². The summed E-state index contributed by atoms with van der Waals surface area (Å²) < 4.78 is 10.5. The molecule has 5 heteroatoms. The van der Waals surface area contributed by atoms with E-state index in [4.69, 9.17) is 14.7 Å². The quantitative estimate of drug-likeness (QED) is 0.639. The lowest BCUT2D eigenvalue weighted by atomic mass is 10.2. The molecule has 5 nitrogen and oxygen atoms in total. The highest BCUT2D eigenvalue weighted by molar-refractivity contribution is 5.78. The highest BCUT2D eigenvalue weighted by Gasteiger charge is 2.29. The van der Waals surface area contributed by atoms with Gasteiger partial charge in [-0.15, -0.1) is 0 Å². The molecule has 0 radical (unpaired) electrons. The molecule has 0 saturated carbocycles. The van der Waals surface area contributed by atoms with Gasteiger partial charge in [0.25, 0.3) is 0 Å². The van der Waals surface area contributed by atoms with Crippen molar-refractivity contribution in [3.05, 3.63) is 0 Å². The molecule has 15 heavy (non-hydrogen) atoms. The molecule has 2 rings (SSSR count). The fourth-order valence-corrected chi connectivity index (χ4v) is 1.91. The van der Waals surface area contributed by atoms with Gasteiger partial charge in [0.1, 0.15) is 6.61 Å². The van der Waals surface area contributed by atoms with E-state index < -0.39 is 6.10 Å². The molecule has 0 aromatic rings. The number of carbonyl (C=O) groups excluding carboxylic acids is 1. The third kappa shape index (κ3) is 2.46. The lowest BCUT2D eigenvalue weighted by Gasteiger charge is -2.31. The normalized spacial score (nSPS) is 31.7. The average molecular weight is 210 g/mol. The molecule has 2 atom stereocenters. The van der Waals surface area contributed by atoms with Crippen LogP contribution < -0.4 is 0 Å². The first kappa shape index (κ1) is 10.4. The minimum absolute atomic E-state index is 0.0188. The van der Waals surface area contributed by atoms with Crippen LogP contribution in [0, 0.1) is 11.3 Å². The van der Waals surface area contributed by atoms with Gasteiger partial charge in [0.15, 0.2) is 6.10 Å². The van der Waals surface area contributed by atoms with Crippen molar-refractivity contribution in [2.24, 2.45) is 0 Å². The maximum atomic E-state index is 11.5. The Morgan fingerprint density at radius 1 is 1.53 bits per heavy atom. The molecule has 82 valence electrons. The minimum atomic E-state index is -0.482. The lowest BCUT2D eigenvalue weighted by molar-refractivity contribution is -0.147. The Morgan fingerprint density at radius 3 is 3.07 bits per heavy atom. The Hall–Kier alpha value is -1.12. The molecule has 2 saturated heterocycles. The Labute approximate surface area is 88.6 Å². The number of nitriles is 1. The minimum Gasteiger partial charge on any atom is -0.376 e. The van der Waals surface area contributed by atoms with Gasteiger partial charge in [0.05, 0.1) is 18.7 Å². The van der Waals surface area contributed by atoms with Crippen molar-refractivity contribution in [1.82, 2.24) is 4.90 Å². The first-order valence-electron chi connectivity index (χ1n) is 5.20. The summed E-state index contributed by atoms with van der Waals surface area (Å²) in [7, 11) is 0. The number of morpholine rings is 1. The van der Waals surface area contributed by atoms with Gasteiger partial charge in [-0.3, -0.25) is 4.79 Å². The van der Waals surface area contributed by atoms with Crippen LogP contribution in [0.5, 0.6) is 0 Å². The van der Waals surface area contributed by atoms with Crippen LogP contribution in [-0.4, -0.2) is 49.3 Å². The highest BCUT2D eigenvalue weighted by atomic mass is 16.5. The fraction of sp³-hybridized carbons (Fsp3) is 0.800. The van der Waals surface area contributed by atoms with Gasteiger partial charge in [-0.05, 0) is 12.8 Å². The Morgan fingerprint density at radius 2 is 2.40 bits per heavy atom. The van der Waals surface area contributed by atoms with E-state index in [0.717, 1.165) is 19.4 Å². The van der Waals surface area contributed by atoms with E-state index in [1.807, 2.05) is 6.07 Å². The fourth-order valence-electron chi connectivity index (χ4n) is 1.91. The van der Waals surface area contributed by atoms with E-state index in [-0.39, 0.29) is 18.6 Å². The molecule has 2 aliphatic heterocycles. The Bertz CT molecular complexity index is 281. The third-order valence-electron chi connectivity index (χ3n) is 2.74. The standard InChI is InChI=1S/C10H14N2O3/c11-4-9-6-12(10(13)7-15-9)5-8-2-1-3-14-8/h8-9H,1-3,5-7H2. The van der Waals surface area contributed by atoms with Crippen molar-refractivity contribution >= 4 is 5.91 Å². The van der Waals surface area contributed by atoms with Gasteiger partial charge in [-0.1, -0.05) is 0 Å².